The first-order valence-electron chi connectivity index (χ1n) is 7.16. The molecular weight excluding hydrogens is 254 g/mol. The van der Waals surface area contributed by atoms with Gasteiger partial charge in [-0.25, -0.2) is 0 Å². The zero-order valence-electron chi connectivity index (χ0n) is 13.3. The van der Waals surface area contributed by atoms with E-state index in [4.69, 9.17) is 0 Å². The molecular formula is C15H27N3O2. The minimum Gasteiger partial charge on any atom is -0.392 e. The lowest BCUT2D eigenvalue weighted by molar-refractivity contribution is 0.0137. The van der Waals surface area contributed by atoms with Crippen LogP contribution in [0.5, 0.6) is 0 Å². The van der Waals surface area contributed by atoms with Crippen LogP contribution < -0.4 is 5.32 Å². The number of aliphatic hydroxyl groups excluding tert-OH is 1. The molecule has 1 unspecified atom stereocenters. The van der Waals surface area contributed by atoms with E-state index < -0.39 is 6.10 Å². The molecule has 0 bridgehead atoms. The Morgan fingerprint density at radius 2 is 2.00 bits per heavy atom. The molecule has 1 aromatic rings. The van der Waals surface area contributed by atoms with Crippen molar-refractivity contribution in [2.45, 2.75) is 53.7 Å². The van der Waals surface area contributed by atoms with Crippen LogP contribution in [0.3, 0.4) is 0 Å². The monoisotopic (exact) mass is 281 g/mol. The molecule has 5 nitrogen and oxygen atoms in total. The topological polar surface area (TPSA) is 67.2 Å². The smallest absolute Gasteiger partial charge is 0.269 e. The Balaban J connectivity index is 2.70. The number of hydrogen-bond donors (Lipinski definition) is 2. The van der Waals surface area contributed by atoms with Crippen molar-refractivity contribution in [1.82, 2.24) is 15.1 Å². The molecule has 5 heteroatoms. The molecule has 1 amide bonds. The van der Waals surface area contributed by atoms with Gasteiger partial charge in [0.25, 0.3) is 5.91 Å². The van der Waals surface area contributed by atoms with Gasteiger partial charge in [-0.1, -0.05) is 27.7 Å². The van der Waals surface area contributed by atoms with Crippen LogP contribution in [0.15, 0.2) is 12.3 Å². The zero-order valence-corrected chi connectivity index (χ0v) is 13.3. The van der Waals surface area contributed by atoms with E-state index in [-0.39, 0.29) is 23.3 Å². The van der Waals surface area contributed by atoms with E-state index in [2.05, 4.69) is 10.4 Å². The van der Waals surface area contributed by atoms with Gasteiger partial charge in [0, 0.05) is 24.2 Å². The summed E-state index contributed by atoms with van der Waals surface area (Å²) in [5.74, 6) is 0.00308. The van der Waals surface area contributed by atoms with Crippen molar-refractivity contribution in [2.24, 2.45) is 11.3 Å². The maximum atomic E-state index is 12.2. The maximum Gasteiger partial charge on any atom is 0.269 e. The summed E-state index contributed by atoms with van der Waals surface area (Å²) < 4.78 is 1.70. The number of nitrogens with zero attached hydrogens (tertiary/aromatic N) is 2. The third-order valence-corrected chi connectivity index (χ3v) is 3.53. The average Bonchev–Trinajstić information content (AvgIpc) is 2.84. The number of amides is 1. The molecule has 20 heavy (non-hydrogen) atoms. The molecule has 0 aliphatic heterocycles. The molecule has 0 fully saturated rings. The summed E-state index contributed by atoms with van der Waals surface area (Å²) in [6.45, 7) is 12.3. The largest absolute Gasteiger partial charge is 0.392 e. The Kier molecular flexibility index (Phi) is 5.34. The highest BCUT2D eigenvalue weighted by molar-refractivity contribution is 5.92. The van der Waals surface area contributed by atoms with Crippen LogP contribution in [0.1, 0.15) is 58.1 Å². The van der Waals surface area contributed by atoms with Crippen LogP contribution in [-0.4, -0.2) is 33.4 Å². The molecule has 0 saturated carbocycles. The van der Waals surface area contributed by atoms with E-state index in [1.807, 2.05) is 41.5 Å². The van der Waals surface area contributed by atoms with Gasteiger partial charge >= 0.3 is 0 Å². The fraction of sp³-hybridized carbons (Fsp3) is 0.733. The van der Waals surface area contributed by atoms with E-state index in [9.17, 15) is 9.90 Å². The van der Waals surface area contributed by atoms with E-state index in [1.165, 1.54) is 0 Å². The number of nitrogens with one attached hydrogen (secondary N) is 1. The number of hydrogen-bond acceptors (Lipinski definition) is 3. The fourth-order valence-corrected chi connectivity index (χ4v) is 2.31. The fourth-order valence-electron chi connectivity index (χ4n) is 2.31. The van der Waals surface area contributed by atoms with E-state index in [0.29, 0.717) is 12.2 Å². The first-order chi connectivity index (χ1) is 9.16. The normalized spacial score (nSPS) is 13.8. The van der Waals surface area contributed by atoms with Gasteiger partial charge in [-0.05, 0) is 25.8 Å². The second kappa shape index (κ2) is 6.39. The highest BCUT2D eigenvalue weighted by Crippen LogP contribution is 2.25. The summed E-state index contributed by atoms with van der Waals surface area (Å²) in [5.41, 5.74) is 0.182. The van der Waals surface area contributed by atoms with Crippen molar-refractivity contribution in [3.8, 4) is 0 Å². The second-order valence-corrected chi connectivity index (χ2v) is 6.61. The predicted molar refractivity (Wildman–Crippen MR) is 79.6 cm³/mol. The third-order valence-electron chi connectivity index (χ3n) is 3.53. The summed E-state index contributed by atoms with van der Waals surface area (Å²) in [4.78, 5) is 12.2. The molecule has 0 spiro atoms. The van der Waals surface area contributed by atoms with Crippen LogP contribution >= 0.6 is 0 Å². The molecule has 0 aliphatic rings. The summed E-state index contributed by atoms with van der Waals surface area (Å²) >= 11 is 0. The molecule has 1 rings (SSSR count). The van der Waals surface area contributed by atoms with Crippen molar-refractivity contribution in [3.63, 3.8) is 0 Å². The molecule has 114 valence electrons. The third kappa shape index (κ3) is 3.82. The number of carbonyl (C=O) groups excluding carboxylic acids is 1. The van der Waals surface area contributed by atoms with E-state index in [0.717, 1.165) is 0 Å². The van der Waals surface area contributed by atoms with Gasteiger partial charge < -0.3 is 10.4 Å². The van der Waals surface area contributed by atoms with Crippen LogP contribution in [0.4, 0.5) is 0 Å². The minimum atomic E-state index is -0.460. The van der Waals surface area contributed by atoms with E-state index in [1.54, 1.807) is 16.9 Å². The molecule has 0 aromatic carbocycles. The van der Waals surface area contributed by atoms with Crippen LogP contribution in [-0.2, 0) is 0 Å². The summed E-state index contributed by atoms with van der Waals surface area (Å²) in [6.07, 6.45) is 1.17. The van der Waals surface area contributed by atoms with Gasteiger partial charge in [0.2, 0.25) is 0 Å². The lowest BCUT2D eigenvalue weighted by Gasteiger charge is -2.33. The van der Waals surface area contributed by atoms with Crippen molar-refractivity contribution in [2.75, 3.05) is 6.54 Å². The van der Waals surface area contributed by atoms with Crippen LogP contribution in [0.25, 0.3) is 0 Å². The van der Waals surface area contributed by atoms with Gasteiger partial charge in [-0.2, -0.15) is 5.10 Å². The Hall–Kier alpha value is -1.36. The van der Waals surface area contributed by atoms with Gasteiger partial charge in [0.15, 0.2) is 0 Å². The lowest BCUT2D eigenvalue weighted by Crippen LogP contribution is -2.44. The number of rotatable bonds is 6. The second-order valence-electron chi connectivity index (χ2n) is 6.61. The van der Waals surface area contributed by atoms with E-state index >= 15 is 0 Å². The molecule has 1 aromatic heterocycles. The Morgan fingerprint density at radius 1 is 1.40 bits per heavy atom. The lowest BCUT2D eigenvalue weighted by atomic mass is 9.80. The molecule has 0 aliphatic carbocycles. The van der Waals surface area contributed by atoms with Crippen LogP contribution in [0, 0.1) is 11.3 Å². The predicted octanol–water partition coefficient (Wildman–Crippen LogP) is 2.24. The summed E-state index contributed by atoms with van der Waals surface area (Å²) in [7, 11) is 0. The molecule has 2 N–H and O–H groups in total. The Morgan fingerprint density at radius 3 is 2.50 bits per heavy atom. The quantitative estimate of drug-likeness (QED) is 0.840. The van der Waals surface area contributed by atoms with Crippen LogP contribution in [0.2, 0.25) is 0 Å². The summed E-state index contributed by atoms with van der Waals surface area (Å²) in [5, 5.41) is 17.2. The molecule has 0 radical (unpaired) electrons. The number of aromatic nitrogens is 2. The SMILES string of the molecule is CC(C)C(O)C(C)(C)CNC(=O)c1ccnn1C(C)C. The molecule has 1 atom stereocenters. The number of carbonyl (C=O) groups is 1. The highest BCUT2D eigenvalue weighted by Gasteiger charge is 2.31. The molecule has 1 heterocycles. The van der Waals surface area contributed by atoms with Gasteiger partial charge in [0.05, 0.1) is 6.10 Å². The van der Waals surface area contributed by atoms with Crippen molar-refractivity contribution >= 4 is 5.91 Å². The van der Waals surface area contributed by atoms with Crippen molar-refractivity contribution < 1.29 is 9.90 Å². The van der Waals surface area contributed by atoms with Gasteiger partial charge in [0.1, 0.15) is 5.69 Å². The Labute approximate surface area is 121 Å². The standard InChI is InChI=1S/C15H27N3O2/c1-10(2)13(19)15(5,6)9-16-14(20)12-7-8-17-18(12)11(3)4/h7-8,10-11,13,19H,9H2,1-6H3,(H,16,20). The maximum absolute atomic E-state index is 12.2. The summed E-state index contributed by atoms with van der Waals surface area (Å²) in [6, 6.07) is 1.85. The van der Waals surface area contributed by atoms with Crippen molar-refractivity contribution in [3.05, 3.63) is 18.0 Å². The first kappa shape index (κ1) is 16.7. The zero-order chi connectivity index (χ0) is 15.5. The number of aliphatic hydroxyl groups is 1. The van der Waals surface area contributed by atoms with Gasteiger partial charge in [-0.15, -0.1) is 0 Å². The Bertz CT molecular complexity index is 450. The van der Waals surface area contributed by atoms with Crippen molar-refractivity contribution in [1.29, 1.82) is 0 Å². The average molecular weight is 281 g/mol. The first-order valence-corrected chi connectivity index (χ1v) is 7.16. The van der Waals surface area contributed by atoms with Gasteiger partial charge in [-0.3, -0.25) is 9.48 Å². The molecule has 0 saturated heterocycles. The minimum absolute atomic E-state index is 0.139. The highest BCUT2D eigenvalue weighted by atomic mass is 16.3.